The van der Waals surface area contributed by atoms with E-state index in [0.29, 0.717) is 6.42 Å². The van der Waals surface area contributed by atoms with Gasteiger partial charge >= 0.3 is 5.97 Å². The van der Waals surface area contributed by atoms with Crippen LogP contribution in [0.4, 0.5) is 0 Å². The molecule has 0 saturated heterocycles. The van der Waals surface area contributed by atoms with Gasteiger partial charge in [-0.05, 0) is 24.8 Å². The molecule has 1 unspecified atom stereocenters. The number of thiol groups is 1. The molecule has 3 heteroatoms. The first-order valence-corrected chi connectivity index (χ1v) is 6.16. The molecule has 2 nitrogen and oxygen atoms in total. The molecule has 0 aromatic heterocycles. The van der Waals surface area contributed by atoms with Crippen molar-refractivity contribution >= 4 is 18.6 Å². The Balaban J connectivity index is 2.07. The molecular weight excluding hydrogens is 220 g/mol. The van der Waals surface area contributed by atoms with Crippen molar-refractivity contribution in [2.45, 2.75) is 37.4 Å². The Labute approximate surface area is 102 Å². The minimum Gasteiger partial charge on any atom is -0.480 e. The third-order valence-corrected chi connectivity index (χ3v) is 3.05. The summed E-state index contributed by atoms with van der Waals surface area (Å²) in [5, 5.41) is 8.14. The molecule has 0 amide bonds. The Kier molecular flexibility index (Phi) is 6.01. The standard InChI is InChI=1S/C13H18O2S/c14-13(15)12(16)10-6-2-5-9-11-7-3-1-4-8-11/h1,3-4,7-8,12,16H,2,5-6,9-10H2,(H,14,15). The van der Waals surface area contributed by atoms with Gasteiger partial charge < -0.3 is 5.11 Å². The van der Waals surface area contributed by atoms with E-state index in [0.717, 1.165) is 25.7 Å². The summed E-state index contributed by atoms with van der Waals surface area (Å²) in [6.07, 6.45) is 4.86. The molecule has 0 aliphatic heterocycles. The predicted octanol–water partition coefficient (Wildman–Crippen LogP) is 3.17. The molecule has 16 heavy (non-hydrogen) atoms. The first kappa shape index (κ1) is 13.1. The number of rotatable bonds is 7. The van der Waals surface area contributed by atoms with E-state index in [1.165, 1.54) is 5.56 Å². The lowest BCUT2D eigenvalue weighted by Gasteiger charge is -2.05. The summed E-state index contributed by atoms with van der Waals surface area (Å²) in [6, 6.07) is 10.4. The highest BCUT2D eigenvalue weighted by Crippen LogP contribution is 2.11. The topological polar surface area (TPSA) is 37.3 Å². The molecule has 0 bridgehead atoms. The van der Waals surface area contributed by atoms with Crippen molar-refractivity contribution in [2.75, 3.05) is 0 Å². The van der Waals surface area contributed by atoms with Gasteiger partial charge in [0, 0.05) is 0 Å². The van der Waals surface area contributed by atoms with Gasteiger partial charge in [0.2, 0.25) is 0 Å². The molecule has 1 atom stereocenters. The molecule has 0 fully saturated rings. The molecule has 1 rings (SSSR count). The average molecular weight is 238 g/mol. The van der Waals surface area contributed by atoms with E-state index in [1.807, 2.05) is 18.2 Å². The van der Waals surface area contributed by atoms with Crippen LogP contribution >= 0.6 is 12.6 Å². The van der Waals surface area contributed by atoms with E-state index in [9.17, 15) is 4.79 Å². The van der Waals surface area contributed by atoms with Crippen molar-refractivity contribution in [3.05, 3.63) is 35.9 Å². The van der Waals surface area contributed by atoms with Crippen LogP contribution in [0.2, 0.25) is 0 Å². The van der Waals surface area contributed by atoms with Crippen molar-refractivity contribution in [3.8, 4) is 0 Å². The number of carboxylic acid groups (broad SMARTS) is 1. The number of hydrogen-bond donors (Lipinski definition) is 2. The molecule has 1 aromatic carbocycles. The number of aryl methyl sites for hydroxylation is 1. The van der Waals surface area contributed by atoms with Gasteiger partial charge in [-0.3, -0.25) is 4.79 Å². The lowest BCUT2D eigenvalue weighted by Crippen LogP contribution is -2.12. The second-order valence-corrected chi connectivity index (χ2v) is 4.56. The molecular formula is C13H18O2S. The van der Waals surface area contributed by atoms with Gasteiger partial charge in [0.05, 0.1) is 5.25 Å². The monoisotopic (exact) mass is 238 g/mol. The molecule has 0 aliphatic rings. The molecule has 0 aliphatic carbocycles. The fourth-order valence-corrected chi connectivity index (χ4v) is 1.79. The zero-order valence-corrected chi connectivity index (χ0v) is 10.2. The first-order valence-electron chi connectivity index (χ1n) is 5.65. The lowest BCUT2D eigenvalue weighted by molar-refractivity contribution is -0.136. The maximum Gasteiger partial charge on any atom is 0.316 e. The maximum absolute atomic E-state index is 10.5. The third kappa shape index (κ3) is 5.21. The number of unbranched alkanes of at least 4 members (excludes halogenated alkanes) is 2. The van der Waals surface area contributed by atoms with Gasteiger partial charge in [-0.1, -0.05) is 43.2 Å². The minimum atomic E-state index is -0.814. The third-order valence-electron chi connectivity index (χ3n) is 2.57. The summed E-state index contributed by atoms with van der Waals surface area (Å²) < 4.78 is 0. The number of hydrogen-bond acceptors (Lipinski definition) is 2. The largest absolute Gasteiger partial charge is 0.480 e. The van der Waals surface area contributed by atoms with Crippen LogP contribution < -0.4 is 0 Å². The molecule has 88 valence electrons. The number of carboxylic acids is 1. The first-order chi connectivity index (χ1) is 7.70. The van der Waals surface area contributed by atoms with Gasteiger partial charge in [-0.2, -0.15) is 12.6 Å². The van der Waals surface area contributed by atoms with Crippen LogP contribution in [0.5, 0.6) is 0 Å². The van der Waals surface area contributed by atoms with E-state index in [2.05, 4.69) is 24.8 Å². The highest BCUT2D eigenvalue weighted by Gasteiger charge is 2.10. The van der Waals surface area contributed by atoms with Crippen LogP contribution in [0.25, 0.3) is 0 Å². The van der Waals surface area contributed by atoms with Gasteiger partial charge in [0.25, 0.3) is 0 Å². The normalized spacial score (nSPS) is 12.3. The Morgan fingerprint density at radius 2 is 1.88 bits per heavy atom. The zero-order valence-electron chi connectivity index (χ0n) is 9.30. The lowest BCUT2D eigenvalue weighted by atomic mass is 10.1. The minimum absolute atomic E-state index is 0.503. The quantitative estimate of drug-likeness (QED) is 0.565. The summed E-state index contributed by atoms with van der Waals surface area (Å²) in [7, 11) is 0. The van der Waals surface area contributed by atoms with Crippen LogP contribution in [0.1, 0.15) is 31.2 Å². The van der Waals surface area contributed by atoms with E-state index in [-0.39, 0.29) is 0 Å². The highest BCUT2D eigenvalue weighted by atomic mass is 32.1. The summed E-state index contributed by atoms with van der Waals surface area (Å²) in [5.41, 5.74) is 1.35. The Morgan fingerprint density at radius 3 is 2.50 bits per heavy atom. The van der Waals surface area contributed by atoms with Crippen LogP contribution in [0.15, 0.2) is 30.3 Å². The van der Waals surface area contributed by atoms with Gasteiger partial charge in [0.15, 0.2) is 0 Å². The summed E-state index contributed by atoms with van der Waals surface area (Å²) in [4.78, 5) is 10.5. The maximum atomic E-state index is 10.5. The summed E-state index contributed by atoms with van der Waals surface area (Å²) in [5.74, 6) is -0.814. The van der Waals surface area contributed by atoms with Crippen LogP contribution in [-0.4, -0.2) is 16.3 Å². The van der Waals surface area contributed by atoms with Crippen molar-refractivity contribution in [2.24, 2.45) is 0 Å². The molecule has 1 N–H and O–H groups in total. The SMILES string of the molecule is O=C(O)C(S)CCCCCc1ccccc1. The summed E-state index contributed by atoms with van der Waals surface area (Å²) in [6.45, 7) is 0. The molecule has 0 saturated carbocycles. The smallest absolute Gasteiger partial charge is 0.316 e. The van der Waals surface area contributed by atoms with Crippen molar-refractivity contribution in [3.63, 3.8) is 0 Å². The van der Waals surface area contributed by atoms with E-state index in [1.54, 1.807) is 0 Å². The Morgan fingerprint density at radius 1 is 1.19 bits per heavy atom. The second-order valence-electron chi connectivity index (χ2n) is 3.94. The van der Waals surface area contributed by atoms with E-state index >= 15 is 0 Å². The average Bonchev–Trinajstić information content (AvgIpc) is 2.29. The Hall–Kier alpha value is -0.960. The number of carbonyl (C=O) groups is 1. The molecule has 1 aromatic rings. The second kappa shape index (κ2) is 7.34. The number of benzene rings is 1. The van der Waals surface area contributed by atoms with Crippen molar-refractivity contribution in [1.82, 2.24) is 0 Å². The predicted molar refractivity (Wildman–Crippen MR) is 69.0 cm³/mol. The number of aliphatic carboxylic acids is 1. The zero-order chi connectivity index (χ0) is 11.8. The van der Waals surface area contributed by atoms with Crippen molar-refractivity contribution in [1.29, 1.82) is 0 Å². The summed E-state index contributed by atoms with van der Waals surface area (Å²) >= 11 is 4.00. The van der Waals surface area contributed by atoms with Crippen molar-refractivity contribution < 1.29 is 9.90 Å². The highest BCUT2D eigenvalue weighted by molar-refractivity contribution is 7.81. The van der Waals surface area contributed by atoms with Crippen LogP contribution in [0, 0.1) is 0 Å². The molecule has 0 radical (unpaired) electrons. The van der Waals surface area contributed by atoms with E-state index in [4.69, 9.17) is 5.11 Å². The fourth-order valence-electron chi connectivity index (χ4n) is 1.61. The van der Waals surface area contributed by atoms with Crippen LogP contribution in [0.3, 0.4) is 0 Å². The fraction of sp³-hybridized carbons (Fsp3) is 0.462. The van der Waals surface area contributed by atoms with E-state index < -0.39 is 11.2 Å². The molecule has 0 spiro atoms. The van der Waals surface area contributed by atoms with Gasteiger partial charge in [-0.15, -0.1) is 0 Å². The van der Waals surface area contributed by atoms with Gasteiger partial charge in [-0.25, -0.2) is 0 Å². The van der Waals surface area contributed by atoms with Crippen LogP contribution in [-0.2, 0) is 11.2 Å². The molecule has 0 heterocycles. The Bertz CT molecular complexity index is 311. The van der Waals surface area contributed by atoms with Gasteiger partial charge in [0.1, 0.15) is 0 Å².